The summed E-state index contributed by atoms with van der Waals surface area (Å²) in [5, 5.41) is 35.1. The lowest BCUT2D eigenvalue weighted by atomic mass is 10.3. The van der Waals surface area contributed by atoms with E-state index in [4.69, 9.17) is 29.9 Å². The van der Waals surface area contributed by atoms with Crippen LogP contribution in [0, 0.1) is 0 Å². The van der Waals surface area contributed by atoms with Crippen LogP contribution in [0.3, 0.4) is 0 Å². The minimum Gasteiger partial charge on any atom is -0.460 e. The van der Waals surface area contributed by atoms with Crippen molar-refractivity contribution in [3.8, 4) is 0 Å². The van der Waals surface area contributed by atoms with Crippen LogP contribution in [0.5, 0.6) is 0 Å². The van der Waals surface area contributed by atoms with Gasteiger partial charge in [0.15, 0.2) is 18.3 Å². The Kier molecular flexibility index (Phi) is 38.4. The molecule has 0 radical (unpaired) electrons. The molecule has 0 saturated carbocycles. The molecule has 0 aromatic rings. The standard InChI is InChI=1S/C13H20O8.C7H12O4.C6H8O4.5CH4/c1-7(2)11(16)19-5-10(21-13(18)9(4)15)6-20-12(17)8(3)14;1-5(2)7(10)11-4-6(9)3-8;1-3-5(7)10-4(2)6(8)9-3;;;;;/h8-10,14-15H,1,5-6H2,2-4H3;6,8-9H,1,3-4H2,2H3;3-4H,1-2H3;5*1H4. The number of hydrogen-bond donors (Lipinski definition) is 4. The maximum atomic E-state index is 11.3. The van der Waals surface area contributed by atoms with Crippen molar-refractivity contribution in [2.45, 2.75) is 115 Å². The minimum absolute atomic E-state index is 0. The van der Waals surface area contributed by atoms with Gasteiger partial charge in [-0.25, -0.2) is 28.8 Å². The second-order valence-corrected chi connectivity index (χ2v) is 8.79. The molecule has 1 heterocycles. The number of aliphatic hydroxyl groups excluding tert-OH is 4. The van der Waals surface area contributed by atoms with Gasteiger partial charge < -0.3 is 48.8 Å². The zero-order valence-electron chi connectivity index (χ0n) is 24.4. The molecule has 1 saturated heterocycles. The summed E-state index contributed by atoms with van der Waals surface area (Å²) in [6.07, 6.45) is -6.31. The molecule has 16 nitrogen and oxygen atoms in total. The van der Waals surface area contributed by atoms with Crippen molar-refractivity contribution in [2.75, 3.05) is 26.4 Å². The molecule has 0 aromatic heterocycles. The monoisotopic (exact) mass is 688 g/mol. The average molecular weight is 689 g/mol. The highest BCUT2D eigenvalue weighted by Gasteiger charge is 2.32. The van der Waals surface area contributed by atoms with E-state index in [1.54, 1.807) is 0 Å². The van der Waals surface area contributed by atoms with Crippen LogP contribution in [0.1, 0.15) is 78.7 Å². The van der Waals surface area contributed by atoms with Crippen LogP contribution in [0.25, 0.3) is 0 Å². The fourth-order valence-electron chi connectivity index (χ4n) is 1.95. The predicted molar refractivity (Wildman–Crippen MR) is 174 cm³/mol. The summed E-state index contributed by atoms with van der Waals surface area (Å²) < 4.78 is 28.0. The first-order chi connectivity index (χ1) is 19.3. The SMILES string of the molecule is C.C.C.C.C.C=C(C)C(=O)OCC(COC(=O)C(C)O)OC(=O)C(C)O.C=C(C)C(=O)OCC(O)CO.CC1OC(=O)C(C)OC1=O. The van der Waals surface area contributed by atoms with Crippen molar-refractivity contribution in [2.24, 2.45) is 0 Å². The number of carbonyl (C=O) groups excluding carboxylic acids is 6. The normalized spacial score (nSPS) is 16.4. The second-order valence-electron chi connectivity index (χ2n) is 8.79. The highest BCUT2D eigenvalue weighted by Crippen LogP contribution is 2.08. The van der Waals surface area contributed by atoms with Crippen molar-refractivity contribution >= 4 is 35.8 Å². The summed E-state index contributed by atoms with van der Waals surface area (Å²) in [6, 6.07) is 0. The summed E-state index contributed by atoms with van der Waals surface area (Å²) >= 11 is 0. The van der Waals surface area contributed by atoms with Crippen molar-refractivity contribution in [3.05, 3.63) is 24.3 Å². The van der Waals surface area contributed by atoms with Gasteiger partial charge in [-0.2, -0.15) is 0 Å². The van der Waals surface area contributed by atoms with Crippen molar-refractivity contribution in [3.63, 3.8) is 0 Å². The topological polar surface area (TPSA) is 239 Å². The summed E-state index contributed by atoms with van der Waals surface area (Å²) in [6.45, 7) is 13.6. The molecule has 6 atom stereocenters. The van der Waals surface area contributed by atoms with Gasteiger partial charge in [-0.05, 0) is 41.5 Å². The molecule has 0 aliphatic carbocycles. The molecule has 0 amide bonds. The zero-order valence-corrected chi connectivity index (χ0v) is 24.4. The van der Waals surface area contributed by atoms with Gasteiger partial charge in [-0.3, -0.25) is 0 Å². The number of cyclic esters (lactones) is 2. The van der Waals surface area contributed by atoms with Crippen LogP contribution in [-0.2, 0) is 57.2 Å². The van der Waals surface area contributed by atoms with Gasteiger partial charge in [0.2, 0.25) is 0 Å². The number of esters is 6. The van der Waals surface area contributed by atoms with Crippen LogP contribution in [0.15, 0.2) is 24.3 Å². The third-order valence-corrected chi connectivity index (χ3v) is 4.34. The molecule has 280 valence electrons. The van der Waals surface area contributed by atoms with Crippen LogP contribution in [-0.4, -0.2) is 119 Å². The van der Waals surface area contributed by atoms with Gasteiger partial charge in [-0.15, -0.1) is 0 Å². The van der Waals surface area contributed by atoms with E-state index >= 15 is 0 Å². The van der Waals surface area contributed by atoms with E-state index in [1.807, 2.05) is 0 Å². The van der Waals surface area contributed by atoms with Gasteiger partial charge in [0.05, 0.1) is 6.61 Å². The van der Waals surface area contributed by atoms with Crippen molar-refractivity contribution < 1.29 is 77.6 Å². The smallest absolute Gasteiger partial charge is 0.347 e. The zero-order chi connectivity index (χ0) is 33.2. The first-order valence-electron chi connectivity index (χ1n) is 12.4. The molecule has 0 aromatic carbocycles. The number of aliphatic hydroxyl groups is 4. The number of carbonyl (C=O) groups is 6. The molecular formula is C31H60O16. The molecule has 0 spiro atoms. The Bertz CT molecular complexity index is 937. The molecule has 0 bridgehead atoms. The van der Waals surface area contributed by atoms with Crippen LogP contribution >= 0.6 is 0 Å². The lowest BCUT2D eigenvalue weighted by Gasteiger charge is -2.22. The second kappa shape index (κ2) is 30.8. The Morgan fingerprint density at radius 1 is 0.702 bits per heavy atom. The summed E-state index contributed by atoms with van der Waals surface area (Å²) in [7, 11) is 0. The van der Waals surface area contributed by atoms with E-state index in [0.29, 0.717) is 0 Å². The quantitative estimate of drug-likeness (QED) is 0.130. The Morgan fingerprint density at radius 3 is 1.36 bits per heavy atom. The summed E-state index contributed by atoms with van der Waals surface area (Å²) in [5.74, 6) is -4.09. The average Bonchev–Trinajstić information content (AvgIpc) is 2.91. The molecule has 1 aliphatic heterocycles. The van der Waals surface area contributed by atoms with Crippen molar-refractivity contribution in [1.29, 1.82) is 0 Å². The number of hydrogen-bond acceptors (Lipinski definition) is 16. The van der Waals surface area contributed by atoms with E-state index in [2.05, 4.69) is 32.1 Å². The Labute approximate surface area is 279 Å². The minimum atomic E-state index is -1.38. The fraction of sp³-hybridized carbons (Fsp3) is 0.677. The molecule has 16 heteroatoms. The molecule has 47 heavy (non-hydrogen) atoms. The van der Waals surface area contributed by atoms with E-state index in [9.17, 15) is 28.8 Å². The lowest BCUT2D eigenvalue weighted by Crippen LogP contribution is -2.40. The maximum Gasteiger partial charge on any atom is 0.347 e. The molecule has 4 N–H and O–H groups in total. The lowest BCUT2D eigenvalue weighted by molar-refractivity contribution is -0.191. The Morgan fingerprint density at radius 2 is 1.04 bits per heavy atom. The van der Waals surface area contributed by atoms with E-state index in [1.165, 1.54) is 41.5 Å². The Hall–Kier alpha value is -3.86. The first kappa shape index (κ1) is 58.7. The third-order valence-electron chi connectivity index (χ3n) is 4.34. The van der Waals surface area contributed by atoms with Crippen LogP contribution in [0.2, 0.25) is 0 Å². The number of rotatable bonds is 12. The van der Waals surface area contributed by atoms with Crippen LogP contribution in [0.4, 0.5) is 0 Å². The molecule has 6 unspecified atom stereocenters. The molecule has 1 fully saturated rings. The largest absolute Gasteiger partial charge is 0.460 e. The highest BCUT2D eigenvalue weighted by atomic mass is 16.6. The fourth-order valence-corrected chi connectivity index (χ4v) is 1.95. The van der Waals surface area contributed by atoms with Gasteiger partial charge in [0.25, 0.3) is 0 Å². The number of ether oxygens (including phenoxy) is 6. The maximum absolute atomic E-state index is 11.3. The third kappa shape index (κ3) is 28.1. The highest BCUT2D eigenvalue weighted by molar-refractivity contribution is 5.87. The summed E-state index contributed by atoms with van der Waals surface area (Å²) in [5.41, 5.74) is 0.423. The molecule has 1 aliphatic rings. The van der Waals surface area contributed by atoms with Gasteiger partial charge >= 0.3 is 35.8 Å². The predicted octanol–water partition coefficient (Wildman–Crippen LogP) is 1.83. The van der Waals surface area contributed by atoms with Gasteiger partial charge in [-0.1, -0.05) is 50.3 Å². The van der Waals surface area contributed by atoms with Gasteiger partial charge in [0.1, 0.15) is 38.1 Å². The molecular weight excluding hydrogens is 628 g/mol. The van der Waals surface area contributed by atoms with E-state index < -0.39 is 85.7 Å². The Balaban J connectivity index is -0.000000105. The van der Waals surface area contributed by atoms with Crippen LogP contribution < -0.4 is 0 Å². The summed E-state index contributed by atoms with van der Waals surface area (Å²) in [4.78, 5) is 65.6. The van der Waals surface area contributed by atoms with E-state index in [-0.39, 0.29) is 61.5 Å². The molecule has 1 rings (SSSR count). The van der Waals surface area contributed by atoms with Gasteiger partial charge in [0, 0.05) is 11.1 Å². The van der Waals surface area contributed by atoms with Crippen molar-refractivity contribution in [1.82, 2.24) is 0 Å². The first-order valence-corrected chi connectivity index (χ1v) is 12.4. The van der Waals surface area contributed by atoms with E-state index in [0.717, 1.165) is 0 Å².